The van der Waals surface area contributed by atoms with Gasteiger partial charge in [0.25, 0.3) is 0 Å². The third-order valence-corrected chi connectivity index (χ3v) is 7.27. The van der Waals surface area contributed by atoms with E-state index in [1.807, 2.05) is 30.3 Å². The quantitative estimate of drug-likeness (QED) is 0.473. The van der Waals surface area contributed by atoms with Crippen molar-refractivity contribution in [2.24, 2.45) is 0 Å². The molecule has 2 fully saturated rings. The standard InChI is InChI=1S/C29H29F2N5O4/c1-33(29(40)32-15-20-5-3-2-4-6-20)35-18-27(38)36-25(13-19-7-10-23(37)11-8-19)28(39)34(17-26(35)36)16-21-14-22(30)9-12-24(21)31/h2-12,14,25-26,37H,13,15-18H2,1H3,(H,32,40)/t25-,26+/m0/s1. The lowest BCUT2D eigenvalue weighted by atomic mass is 9.99. The van der Waals surface area contributed by atoms with Crippen molar-refractivity contribution in [3.63, 3.8) is 0 Å². The van der Waals surface area contributed by atoms with Crippen molar-refractivity contribution in [1.29, 1.82) is 0 Å². The number of hydrazine groups is 1. The number of benzene rings is 3. The third-order valence-electron chi connectivity index (χ3n) is 7.27. The van der Waals surface area contributed by atoms with Gasteiger partial charge in [-0.1, -0.05) is 42.5 Å². The van der Waals surface area contributed by atoms with Gasteiger partial charge < -0.3 is 20.2 Å². The molecule has 0 radical (unpaired) electrons. The van der Waals surface area contributed by atoms with Crippen molar-refractivity contribution in [3.05, 3.63) is 101 Å². The molecule has 2 heterocycles. The van der Waals surface area contributed by atoms with Crippen LogP contribution in [0.3, 0.4) is 0 Å². The zero-order valence-electron chi connectivity index (χ0n) is 21.8. The van der Waals surface area contributed by atoms with E-state index in [0.29, 0.717) is 5.56 Å². The molecule has 0 aliphatic carbocycles. The number of amides is 4. The van der Waals surface area contributed by atoms with Crippen LogP contribution in [-0.2, 0) is 29.1 Å². The molecule has 4 amide bonds. The van der Waals surface area contributed by atoms with Crippen LogP contribution >= 0.6 is 0 Å². The van der Waals surface area contributed by atoms with E-state index in [9.17, 15) is 28.3 Å². The van der Waals surface area contributed by atoms with Gasteiger partial charge in [-0.2, -0.15) is 5.01 Å². The fourth-order valence-electron chi connectivity index (χ4n) is 5.18. The summed E-state index contributed by atoms with van der Waals surface area (Å²) in [7, 11) is 1.54. The minimum Gasteiger partial charge on any atom is -0.508 e. The van der Waals surface area contributed by atoms with Crippen molar-refractivity contribution in [3.8, 4) is 5.75 Å². The van der Waals surface area contributed by atoms with Crippen molar-refractivity contribution >= 4 is 17.8 Å². The zero-order valence-corrected chi connectivity index (χ0v) is 21.8. The van der Waals surface area contributed by atoms with Gasteiger partial charge in [0.1, 0.15) is 29.6 Å². The largest absolute Gasteiger partial charge is 0.508 e. The van der Waals surface area contributed by atoms with Gasteiger partial charge in [0, 0.05) is 32.1 Å². The zero-order chi connectivity index (χ0) is 28.4. The highest BCUT2D eigenvalue weighted by Crippen LogP contribution is 2.30. The smallest absolute Gasteiger partial charge is 0.332 e. The second kappa shape index (κ2) is 11.3. The van der Waals surface area contributed by atoms with E-state index >= 15 is 0 Å². The van der Waals surface area contributed by atoms with Gasteiger partial charge in [-0.3, -0.25) is 14.6 Å². The van der Waals surface area contributed by atoms with Crippen LogP contribution < -0.4 is 5.32 Å². The molecule has 2 N–H and O–H groups in total. The molecule has 0 aromatic heterocycles. The number of carbonyl (C=O) groups excluding carboxylic acids is 3. The molecule has 0 spiro atoms. The molecular formula is C29H29F2N5O4. The van der Waals surface area contributed by atoms with E-state index in [1.165, 1.54) is 26.9 Å². The van der Waals surface area contributed by atoms with Crippen LogP contribution in [0.1, 0.15) is 16.7 Å². The Bertz CT molecular complexity index is 1410. The number of phenols is 1. The SMILES string of the molecule is CN(C(=O)NCc1ccccc1)N1CC(=O)N2[C@@H](Cc3ccc(O)cc3)C(=O)N(Cc3cc(F)ccc3F)C[C@@H]21. The van der Waals surface area contributed by atoms with Crippen LogP contribution in [0.25, 0.3) is 0 Å². The number of phenolic OH excluding ortho intramolecular Hbond substituents is 1. The number of nitrogens with zero attached hydrogens (tertiary/aromatic N) is 4. The number of rotatable bonds is 7. The summed E-state index contributed by atoms with van der Waals surface area (Å²) >= 11 is 0. The fraction of sp³-hybridized carbons (Fsp3) is 0.276. The minimum atomic E-state index is -0.946. The molecule has 5 rings (SSSR count). The number of aromatic hydroxyl groups is 1. The first-order valence-electron chi connectivity index (χ1n) is 12.8. The second-order valence-corrected chi connectivity index (χ2v) is 9.89. The summed E-state index contributed by atoms with van der Waals surface area (Å²) in [5, 5.41) is 15.4. The number of piperazine rings is 1. The lowest BCUT2D eigenvalue weighted by Crippen LogP contribution is -2.65. The predicted octanol–water partition coefficient (Wildman–Crippen LogP) is 2.85. The highest BCUT2D eigenvalue weighted by atomic mass is 19.1. The van der Waals surface area contributed by atoms with Crippen LogP contribution in [0.15, 0.2) is 72.8 Å². The molecule has 0 unspecified atom stereocenters. The molecule has 0 saturated carbocycles. The van der Waals surface area contributed by atoms with Crippen molar-refractivity contribution in [2.75, 3.05) is 20.1 Å². The minimum absolute atomic E-state index is 0.00927. The molecule has 0 bridgehead atoms. The maximum Gasteiger partial charge on any atom is 0.332 e. The molecule has 2 aliphatic heterocycles. The second-order valence-electron chi connectivity index (χ2n) is 9.89. The number of carbonyl (C=O) groups is 3. The monoisotopic (exact) mass is 549 g/mol. The summed E-state index contributed by atoms with van der Waals surface area (Å²) in [5.74, 6) is -1.97. The number of hydrogen-bond acceptors (Lipinski definition) is 5. The van der Waals surface area contributed by atoms with Crippen LogP contribution in [0.4, 0.5) is 13.6 Å². The fourth-order valence-corrected chi connectivity index (χ4v) is 5.18. The Labute approximate surface area is 230 Å². The summed E-state index contributed by atoms with van der Waals surface area (Å²) in [6.45, 7) is -0.0672. The molecule has 3 aromatic carbocycles. The highest BCUT2D eigenvalue weighted by Gasteiger charge is 2.51. The number of urea groups is 1. The van der Waals surface area contributed by atoms with Gasteiger partial charge in [0.05, 0.1) is 13.1 Å². The molecule has 11 heteroatoms. The third kappa shape index (κ3) is 5.59. The first-order valence-corrected chi connectivity index (χ1v) is 12.8. The van der Waals surface area contributed by atoms with E-state index in [0.717, 1.165) is 23.8 Å². The summed E-state index contributed by atoms with van der Waals surface area (Å²) in [6.07, 6.45) is -0.572. The van der Waals surface area contributed by atoms with Gasteiger partial charge in [0.2, 0.25) is 11.8 Å². The van der Waals surface area contributed by atoms with E-state index in [1.54, 1.807) is 24.2 Å². The van der Waals surface area contributed by atoms with Crippen molar-refractivity contribution < 1.29 is 28.3 Å². The summed E-state index contributed by atoms with van der Waals surface area (Å²) < 4.78 is 28.4. The van der Waals surface area contributed by atoms with Crippen LogP contribution in [0.2, 0.25) is 0 Å². The molecule has 2 aliphatic rings. The topological polar surface area (TPSA) is 96.4 Å². The first-order chi connectivity index (χ1) is 19.2. The lowest BCUT2D eigenvalue weighted by Gasteiger charge is -2.45. The van der Waals surface area contributed by atoms with Gasteiger partial charge >= 0.3 is 6.03 Å². The average molecular weight is 550 g/mol. The Kier molecular flexibility index (Phi) is 7.65. The molecule has 208 valence electrons. The summed E-state index contributed by atoms with van der Waals surface area (Å²) in [6, 6.07) is 17.3. The van der Waals surface area contributed by atoms with E-state index in [2.05, 4.69) is 5.32 Å². The Morgan fingerprint density at radius 2 is 1.75 bits per heavy atom. The van der Waals surface area contributed by atoms with Gasteiger partial charge in [-0.25, -0.2) is 13.6 Å². The van der Waals surface area contributed by atoms with E-state index < -0.39 is 35.8 Å². The van der Waals surface area contributed by atoms with Crippen LogP contribution in [-0.4, -0.2) is 75.1 Å². The van der Waals surface area contributed by atoms with Crippen molar-refractivity contribution in [1.82, 2.24) is 25.1 Å². The molecular weight excluding hydrogens is 520 g/mol. The Hall–Kier alpha value is -4.51. The molecule has 40 heavy (non-hydrogen) atoms. The van der Waals surface area contributed by atoms with E-state index in [4.69, 9.17) is 0 Å². The van der Waals surface area contributed by atoms with Crippen LogP contribution in [0.5, 0.6) is 5.75 Å². The normalized spacial score (nSPS) is 19.1. The Morgan fingerprint density at radius 3 is 2.48 bits per heavy atom. The lowest BCUT2D eigenvalue weighted by molar-refractivity contribution is -0.157. The van der Waals surface area contributed by atoms with Crippen LogP contribution in [0, 0.1) is 11.6 Å². The molecule has 9 nitrogen and oxygen atoms in total. The first kappa shape index (κ1) is 27.1. The Balaban J connectivity index is 1.41. The maximum absolute atomic E-state index is 14.5. The number of nitrogens with one attached hydrogen (secondary N) is 1. The number of fused-ring (bicyclic) bond motifs is 1. The molecule has 2 saturated heterocycles. The predicted molar refractivity (Wildman–Crippen MR) is 141 cm³/mol. The van der Waals surface area contributed by atoms with Crippen molar-refractivity contribution in [2.45, 2.75) is 31.7 Å². The maximum atomic E-state index is 14.5. The van der Waals surface area contributed by atoms with Gasteiger partial charge in [-0.15, -0.1) is 0 Å². The molecule has 2 atom stereocenters. The van der Waals surface area contributed by atoms with Gasteiger partial charge in [-0.05, 0) is 41.5 Å². The number of halogens is 2. The summed E-state index contributed by atoms with van der Waals surface area (Å²) in [5.41, 5.74) is 1.62. The van der Waals surface area contributed by atoms with Gasteiger partial charge in [0.15, 0.2) is 0 Å². The molecule has 3 aromatic rings. The number of hydrogen-bond donors (Lipinski definition) is 2. The average Bonchev–Trinajstić information content (AvgIpc) is 3.28. The highest BCUT2D eigenvalue weighted by molar-refractivity contribution is 5.91. The summed E-state index contributed by atoms with van der Waals surface area (Å²) in [4.78, 5) is 42.9. The van der Waals surface area contributed by atoms with E-state index in [-0.39, 0.29) is 49.8 Å². The Morgan fingerprint density at radius 1 is 1.02 bits per heavy atom.